The molecule has 0 bridgehead atoms. The average molecular weight is 606 g/mol. The Labute approximate surface area is 146 Å². The first kappa shape index (κ1) is 16.2. The summed E-state index contributed by atoms with van der Waals surface area (Å²) in [6.07, 6.45) is 0. The Kier molecular flexibility index (Phi) is 7.10. The van der Waals surface area contributed by atoms with Gasteiger partial charge in [0.25, 0.3) is 0 Å². The Balaban J connectivity index is 3.50. The van der Waals surface area contributed by atoms with E-state index >= 15 is 0 Å². The average Bonchev–Trinajstić information content (AvgIpc) is 2.15. The lowest BCUT2D eigenvalue weighted by Gasteiger charge is -2.20. The zero-order valence-electron chi connectivity index (χ0n) is 7.73. The van der Waals surface area contributed by atoms with Gasteiger partial charge >= 0.3 is 0 Å². The first-order valence-corrected chi connectivity index (χ1v) is 9.62. The normalized spacial score (nSPS) is 11.9. The second-order valence-electron chi connectivity index (χ2n) is 2.97. The van der Waals surface area contributed by atoms with Crippen LogP contribution < -0.4 is 0 Å². The van der Waals surface area contributed by atoms with Crippen molar-refractivity contribution in [2.45, 2.75) is 11.2 Å². The van der Waals surface area contributed by atoms with E-state index in [2.05, 4.69) is 95.6 Å². The molecule has 0 aliphatic carbocycles. The number of alkyl halides is 6. The van der Waals surface area contributed by atoms with Crippen LogP contribution in [0.4, 0.5) is 0 Å². The molecular weight excluding hydrogens is 600 g/mol. The number of halogens is 6. The van der Waals surface area contributed by atoms with Gasteiger partial charge in [-0.15, -0.1) is 0 Å². The molecule has 0 saturated carbocycles. The first-order chi connectivity index (χ1) is 7.36. The quantitative estimate of drug-likeness (QED) is 0.322. The molecule has 1 aromatic rings. The molecule has 88 valence electrons. The van der Waals surface area contributed by atoms with Crippen molar-refractivity contribution in [3.63, 3.8) is 0 Å². The van der Waals surface area contributed by atoms with Crippen molar-refractivity contribution in [3.8, 4) is 0 Å². The van der Waals surface area contributed by atoms with Crippen LogP contribution in [0.15, 0.2) is 12.1 Å². The Bertz CT molecular complexity index is 372. The van der Waals surface area contributed by atoms with Crippen LogP contribution in [-0.2, 0) is 0 Å². The molecule has 16 heavy (non-hydrogen) atoms. The predicted octanol–water partition coefficient (Wildman–Crippen LogP) is 7.11. The summed E-state index contributed by atoms with van der Waals surface area (Å²) in [6, 6.07) is 3.90. The van der Waals surface area contributed by atoms with Crippen molar-refractivity contribution in [2.24, 2.45) is 0 Å². The van der Waals surface area contributed by atoms with E-state index in [1.165, 1.54) is 0 Å². The maximum atomic E-state index is 6.00. The summed E-state index contributed by atoms with van der Waals surface area (Å²) in [5.41, 5.74) is 4.02. The largest absolute Gasteiger partial charge is 0.0953 e. The molecule has 1 aromatic carbocycles. The Morgan fingerprint density at radius 3 is 1.62 bits per heavy atom. The van der Waals surface area contributed by atoms with E-state index < -0.39 is 0 Å². The van der Waals surface area contributed by atoms with Crippen LogP contribution in [0.2, 0.25) is 0 Å². The topological polar surface area (TPSA) is 0 Å². The van der Waals surface area contributed by atoms with Gasteiger partial charge in [-0.25, -0.2) is 0 Å². The summed E-state index contributed by atoms with van der Waals surface area (Å²) in [5.74, 6) is 0. The van der Waals surface area contributed by atoms with Gasteiger partial charge in [-0.05, 0) is 29.2 Å². The molecule has 0 atom stereocenters. The van der Waals surface area contributed by atoms with Crippen molar-refractivity contribution >= 4 is 95.6 Å². The van der Waals surface area contributed by atoms with Crippen molar-refractivity contribution in [1.82, 2.24) is 0 Å². The summed E-state index contributed by atoms with van der Waals surface area (Å²) in [7, 11) is 0. The van der Waals surface area contributed by atoms with Crippen molar-refractivity contribution in [1.29, 1.82) is 0 Å². The van der Waals surface area contributed by atoms with Crippen LogP contribution in [0.25, 0.3) is 0 Å². The number of rotatable bonds is 3. The molecule has 0 spiro atoms. The molecule has 0 aliphatic rings. The second-order valence-corrected chi connectivity index (χ2v) is 12.2. The van der Waals surface area contributed by atoms with Crippen LogP contribution >= 0.6 is 95.6 Å². The molecule has 0 fully saturated rings. The molecule has 0 saturated heterocycles. The molecule has 0 aromatic heterocycles. The fraction of sp³-hybridized carbons (Fsp3) is 0.300. The molecule has 1 rings (SSSR count). The highest BCUT2D eigenvalue weighted by molar-refractivity contribution is 9.24. The van der Waals surface area contributed by atoms with Gasteiger partial charge in [-0.2, -0.15) is 0 Å². The van der Waals surface area contributed by atoms with E-state index in [1.54, 1.807) is 0 Å². The van der Waals surface area contributed by atoms with Crippen LogP contribution in [0.1, 0.15) is 33.5 Å². The second kappa shape index (κ2) is 7.04. The first-order valence-electron chi connectivity index (χ1n) is 4.12. The summed E-state index contributed by atoms with van der Waals surface area (Å²) < 4.78 is 0.153. The third-order valence-corrected chi connectivity index (χ3v) is 4.84. The molecular formula is C10H6Br6. The maximum absolute atomic E-state index is 6.00. The Morgan fingerprint density at radius 1 is 0.750 bits per heavy atom. The Hall–Kier alpha value is 2.10. The minimum Gasteiger partial charge on any atom is -0.0712 e. The van der Waals surface area contributed by atoms with Gasteiger partial charge in [0, 0.05) is 0 Å². The van der Waals surface area contributed by atoms with Gasteiger partial charge in [0.1, 0.15) is 0 Å². The van der Waals surface area contributed by atoms with Gasteiger partial charge in [0.15, 0.2) is 0 Å². The van der Waals surface area contributed by atoms with Crippen LogP contribution in [0, 0.1) is 6.92 Å². The van der Waals surface area contributed by atoms with Gasteiger partial charge < -0.3 is 0 Å². The number of hydrogen-bond donors (Lipinski definition) is 0. The summed E-state index contributed by atoms with van der Waals surface area (Å²) in [5, 5.41) is 0. The highest BCUT2D eigenvalue weighted by Gasteiger charge is 2.22. The predicted molar refractivity (Wildman–Crippen MR) is 91.6 cm³/mol. The monoisotopic (exact) mass is 600 g/mol. The number of hydrogen-bond acceptors (Lipinski definition) is 0. The third kappa shape index (κ3) is 3.80. The third-order valence-electron chi connectivity index (χ3n) is 2.03. The smallest absolute Gasteiger partial charge is 0.0712 e. The molecule has 0 unspecified atom stereocenters. The van der Waals surface area contributed by atoms with E-state index in [-0.39, 0.29) is 11.2 Å². The summed E-state index contributed by atoms with van der Waals surface area (Å²) in [4.78, 5) is 0. The zero-order chi connectivity index (χ0) is 12.5. The lowest BCUT2D eigenvalue weighted by Crippen LogP contribution is -2.01. The number of benzene rings is 1. The standard InChI is InChI=1S/C10H6Br6/c1-4-2-3-5(8(11)12)7(10(15)16)6(4)9(13)14/h1-3,8-10H. The van der Waals surface area contributed by atoms with E-state index in [0.29, 0.717) is 0 Å². The highest BCUT2D eigenvalue weighted by atomic mass is 79.9. The zero-order valence-corrected chi connectivity index (χ0v) is 17.2. The van der Waals surface area contributed by atoms with Crippen molar-refractivity contribution in [3.05, 3.63) is 41.3 Å². The van der Waals surface area contributed by atoms with Gasteiger partial charge in [-0.3, -0.25) is 0 Å². The molecule has 0 heterocycles. The van der Waals surface area contributed by atoms with E-state index in [0.717, 1.165) is 22.3 Å². The highest BCUT2D eigenvalue weighted by Crippen LogP contribution is 2.46. The lowest BCUT2D eigenvalue weighted by molar-refractivity contribution is 1.20. The van der Waals surface area contributed by atoms with Gasteiger partial charge in [-0.1, -0.05) is 108 Å². The van der Waals surface area contributed by atoms with Crippen molar-refractivity contribution in [2.75, 3.05) is 0 Å². The minimum absolute atomic E-state index is 0.0197. The van der Waals surface area contributed by atoms with E-state index in [1.807, 2.05) is 12.1 Å². The SMILES string of the molecule is [CH]c1ccc(C(Br)Br)c(C(Br)Br)c1C(Br)Br. The fourth-order valence-electron chi connectivity index (χ4n) is 1.35. The van der Waals surface area contributed by atoms with Crippen LogP contribution in [0.3, 0.4) is 0 Å². The van der Waals surface area contributed by atoms with E-state index in [4.69, 9.17) is 6.92 Å². The Morgan fingerprint density at radius 2 is 1.25 bits per heavy atom. The van der Waals surface area contributed by atoms with Crippen LogP contribution in [0.5, 0.6) is 0 Å². The van der Waals surface area contributed by atoms with E-state index in [9.17, 15) is 0 Å². The lowest BCUT2D eigenvalue weighted by atomic mass is 10.00. The minimum atomic E-state index is 0.0197. The fourth-order valence-corrected chi connectivity index (χ4v) is 4.19. The molecule has 2 radical (unpaired) electrons. The summed E-state index contributed by atoms with van der Waals surface area (Å²) >= 11 is 21.1. The molecule has 0 aliphatic heterocycles. The van der Waals surface area contributed by atoms with Gasteiger partial charge in [0.2, 0.25) is 0 Å². The molecule has 0 amide bonds. The molecule has 0 nitrogen and oxygen atoms in total. The molecule has 6 heteroatoms. The van der Waals surface area contributed by atoms with Gasteiger partial charge in [0.05, 0.1) is 11.2 Å². The maximum Gasteiger partial charge on any atom is 0.0953 e. The molecule has 0 N–H and O–H groups in total. The van der Waals surface area contributed by atoms with Crippen LogP contribution in [-0.4, -0.2) is 0 Å². The summed E-state index contributed by atoms with van der Waals surface area (Å²) in [6.45, 7) is 6.00. The van der Waals surface area contributed by atoms with Crippen molar-refractivity contribution < 1.29 is 0 Å².